The lowest BCUT2D eigenvalue weighted by atomic mass is 9.96. The second-order valence-electron chi connectivity index (χ2n) is 5.17. The highest BCUT2D eigenvalue weighted by Crippen LogP contribution is 2.27. The number of nitrogens with zero attached hydrogens (tertiary/aromatic N) is 2. The summed E-state index contributed by atoms with van der Waals surface area (Å²) in [6.07, 6.45) is 1.42. The van der Waals surface area contributed by atoms with Gasteiger partial charge in [0.05, 0.1) is 7.11 Å². The molecule has 1 rings (SSSR count). The topological polar surface area (TPSA) is 89.0 Å². The van der Waals surface area contributed by atoms with E-state index >= 15 is 0 Å². The third-order valence-electron chi connectivity index (χ3n) is 3.36. The summed E-state index contributed by atoms with van der Waals surface area (Å²) in [4.78, 5) is 23.5. The molecule has 2 N–H and O–H groups in total. The molecule has 1 aromatic heterocycles. The predicted octanol–water partition coefficient (Wildman–Crippen LogP) is 1.00. The maximum atomic E-state index is 11.9. The number of rotatable bonds is 8. The maximum absolute atomic E-state index is 11.9. The van der Waals surface area contributed by atoms with Crippen LogP contribution in [0.5, 0.6) is 0 Å². The number of nitrogens with one attached hydrogen (secondary N) is 2. The van der Waals surface area contributed by atoms with Crippen LogP contribution in [0, 0.1) is 0 Å². The third kappa shape index (κ3) is 4.34. The lowest BCUT2D eigenvalue weighted by Gasteiger charge is -2.28. The number of hydrogen-bond donors (Lipinski definition) is 2. The van der Waals surface area contributed by atoms with Crippen LogP contribution in [0.2, 0.25) is 0 Å². The predicted molar refractivity (Wildman–Crippen MR) is 82.6 cm³/mol. The Hall–Kier alpha value is -1.28. The van der Waals surface area contributed by atoms with Gasteiger partial charge in [0.2, 0.25) is 0 Å². The van der Waals surface area contributed by atoms with Gasteiger partial charge < -0.3 is 10.1 Å². The summed E-state index contributed by atoms with van der Waals surface area (Å²) in [7, 11) is 3.11. The van der Waals surface area contributed by atoms with Gasteiger partial charge in [-0.15, -0.1) is 5.10 Å². The van der Waals surface area contributed by atoms with Crippen molar-refractivity contribution < 1.29 is 9.53 Å². The van der Waals surface area contributed by atoms with Gasteiger partial charge in [0, 0.05) is 11.8 Å². The van der Waals surface area contributed by atoms with E-state index in [1.54, 1.807) is 18.5 Å². The van der Waals surface area contributed by atoms with Gasteiger partial charge in [0.25, 0.3) is 0 Å². The normalized spacial score (nSPS) is 15.5. The van der Waals surface area contributed by atoms with Crippen molar-refractivity contribution in [3.63, 3.8) is 0 Å². The number of aromatic nitrogens is 3. The van der Waals surface area contributed by atoms with E-state index in [9.17, 15) is 9.59 Å². The molecule has 1 heterocycles. The van der Waals surface area contributed by atoms with E-state index in [2.05, 4.69) is 15.5 Å². The number of esters is 1. The van der Waals surface area contributed by atoms with Crippen molar-refractivity contribution in [1.82, 2.24) is 20.1 Å². The first kappa shape index (κ1) is 17.8. The molecule has 0 aliphatic rings. The van der Waals surface area contributed by atoms with E-state index < -0.39 is 5.54 Å². The Morgan fingerprint density at radius 3 is 2.81 bits per heavy atom. The van der Waals surface area contributed by atoms with Crippen molar-refractivity contribution in [2.75, 3.05) is 14.2 Å². The Labute approximate surface area is 128 Å². The molecule has 0 aliphatic carbocycles. The zero-order valence-corrected chi connectivity index (χ0v) is 14.0. The smallest absolute Gasteiger partial charge is 0.343 e. The minimum absolute atomic E-state index is 0.0901. The van der Waals surface area contributed by atoms with Gasteiger partial charge in [-0.1, -0.05) is 25.6 Å². The van der Waals surface area contributed by atoms with Crippen LogP contribution >= 0.6 is 11.8 Å². The molecule has 120 valence electrons. The Morgan fingerprint density at radius 1 is 1.62 bits per heavy atom. The third-order valence-corrected chi connectivity index (χ3v) is 4.45. The van der Waals surface area contributed by atoms with E-state index in [1.807, 2.05) is 13.8 Å². The lowest BCUT2D eigenvalue weighted by Crippen LogP contribution is -2.49. The minimum atomic E-state index is -0.757. The highest BCUT2D eigenvalue weighted by Gasteiger charge is 2.34. The molecule has 2 unspecified atom stereocenters. The van der Waals surface area contributed by atoms with Crippen LogP contribution < -0.4 is 11.0 Å². The summed E-state index contributed by atoms with van der Waals surface area (Å²) in [5, 5.41) is 10.3. The largest absolute Gasteiger partial charge is 0.468 e. The van der Waals surface area contributed by atoms with Gasteiger partial charge in [-0.3, -0.25) is 9.36 Å². The standard InChI is InChI=1S/C13H24N4O3S/c1-6-7-17-11(19)15-16-12(17)21-9(2)8-13(3,14-4)10(18)20-5/h9,14H,6-8H2,1-5H3,(H,15,19). The number of H-pyrrole nitrogens is 1. The van der Waals surface area contributed by atoms with Crippen LogP contribution in [0.1, 0.15) is 33.6 Å². The first-order chi connectivity index (χ1) is 9.87. The number of thioether (sulfide) groups is 1. The van der Waals surface area contributed by atoms with Gasteiger partial charge in [0.15, 0.2) is 5.16 Å². The molecular weight excluding hydrogens is 292 g/mol. The van der Waals surface area contributed by atoms with Crippen molar-refractivity contribution >= 4 is 17.7 Å². The molecule has 0 fully saturated rings. The molecule has 21 heavy (non-hydrogen) atoms. The van der Waals surface area contributed by atoms with Crippen molar-refractivity contribution in [3.05, 3.63) is 10.5 Å². The van der Waals surface area contributed by atoms with Crippen LogP contribution in [0.15, 0.2) is 9.95 Å². The molecule has 0 radical (unpaired) electrons. The van der Waals surface area contributed by atoms with Crippen LogP contribution in [-0.2, 0) is 16.1 Å². The summed E-state index contributed by atoms with van der Waals surface area (Å²) >= 11 is 1.47. The van der Waals surface area contributed by atoms with Gasteiger partial charge >= 0.3 is 11.7 Å². The van der Waals surface area contributed by atoms with Crippen LogP contribution in [0.3, 0.4) is 0 Å². The van der Waals surface area contributed by atoms with Gasteiger partial charge in [0.1, 0.15) is 5.54 Å². The van der Waals surface area contributed by atoms with E-state index in [0.717, 1.165) is 6.42 Å². The zero-order valence-electron chi connectivity index (χ0n) is 13.2. The van der Waals surface area contributed by atoms with Crippen LogP contribution in [-0.4, -0.2) is 45.7 Å². The molecular formula is C13H24N4O3S. The van der Waals surface area contributed by atoms with Crippen molar-refractivity contribution in [2.45, 2.75) is 56.1 Å². The quantitative estimate of drug-likeness (QED) is 0.549. The summed E-state index contributed by atoms with van der Waals surface area (Å²) in [6.45, 7) is 6.44. The Balaban J connectivity index is 2.80. The second-order valence-corrected chi connectivity index (χ2v) is 6.57. The van der Waals surface area contributed by atoms with Gasteiger partial charge in [-0.05, 0) is 26.8 Å². The molecule has 2 atom stereocenters. The first-order valence-electron chi connectivity index (χ1n) is 6.97. The number of aromatic amines is 1. The average Bonchev–Trinajstić information content (AvgIpc) is 2.79. The average molecular weight is 316 g/mol. The van der Waals surface area contributed by atoms with Gasteiger partial charge in [-0.25, -0.2) is 9.89 Å². The summed E-state index contributed by atoms with van der Waals surface area (Å²) in [6, 6.07) is 0. The highest BCUT2D eigenvalue weighted by atomic mass is 32.2. The number of likely N-dealkylation sites (N-methyl/N-ethyl adjacent to an activating group) is 1. The Kier molecular flexibility index (Phi) is 6.47. The molecule has 0 spiro atoms. The number of ether oxygens (including phenoxy) is 1. The summed E-state index contributed by atoms with van der Waals surface area (Å²) in [5.41, 5.74) is -0.955. The van der Waals surface area contributed by atoms with Crippen LogP contribution in [0.25, 0.3) is 0 Å². The van der Waals surface area contributed by atoms with Crippen molar-refractivity contribution in [1.29, 1.82) is 0 Å². The molecule has 0 aromatic carbocycles. The maximum Gasteiger partial charge on any atom is 0.343 e. The lowest BCUT2D eigenvalue weighted by molar-refractivity contribution is -0.147. The molecule has 0 bridgehead atoms. The summed E-state index contributed by atoms with van der Waals surface area (Å²) in [5.74, 6) is -0.301. The monoisotopic (exact) mass is 316 g/mol. The molecule has 0 saturated heterocycles. The van der Waals surface area contributed by atoms with E-state index in [4.69, 9.17) is 4.74 Å². The van der Waals surface area contributed by atoms with E-state index in [-0.39, 0.29) is 16.9 Å². The highest BCUT2D eigenvalue weighted by molar-refractivity contribution is 7.99. The van der Waals surface area contributed by atoms with Gasteiger partial charge in [-0.2, -0.15) is 0 Å². The number of carbonyl (C=O) groups excluding carboxylic acids is 1. The number of hydrogen-bond acceptors (Lipinski definition) is 6. The number of methoxy groups -OCH3 is 1. The molecule has 0 aliphatic heterocycles. The zero-order chi connectivity index (χ0) is 16.0. The fourth-order valence-electron chi connectivity index (χ4n) is 2.12. The minimum Gasteiger partial charge on any atom is -0.468 e. The summed E-state index contributed by atoms with van der Waals surface area (Å²) < 4.78 is 6.46. The van der Waals surface area contributed by atoms with Crippen molar-refractivity contribution in [2.24, 2.45) is 0 Å². The fraction of sp³-hybridized carbons (Fsp3) is 0.769. The van der Waals surface area contributed by atoms with Crippen molar-refractivity contribution in [3.8, 4) is 0 Å². The molecule has 1 aromatic rings. The second kappa shape index (κ2) is 7.65. The van der Waals surface area contributed by atoms with E-state index in [0.29, 0.717) is 18.1 Å². The SMILES string of the molecule is CCCn1c(SC(C)CC(C)(NC)C(=O)OC)n[nH]c1=O. The van der Waals surface area contributed by atoms with Crippen LogP contribution in [0.4, 0.5) is 0 Å². The Bertz CT molecular complexity index is 528. The Morgan fingerprint density at radius 2 is 2.29 bits per heavy atom. The molecule has 0 saturated carbocycles. The molecule has 0 amide bonds. The van der Waals surface area contributed by atoms with E-state index in [1.165, 1.54) is 18.9 Å². The molecule has 8 heteroatoms. The first-order valence-corrected chi connectivity index (χ1v) is 7.85. The fourth-order valence-corrected chi connectivity index (χ4v) is 3.30. The molecule has 7 nitrogen and oxygen atoms in total. The number of carbonyl (C=O) groups is 1.